The van der Waals surface area contributed by atoms with Crippen LogP contribution >= 0.6 is 11.6 Å². The molecular formula is C15H12ClF3N6O. The second-order valence-corrected chi connectivity index (χ2v) is 6.47. The topological polar surface area (TPSA) is 95.7 Å². The van der Waals surface area contributed by atoms with Gasteiger partial charge in [0.25, 0.3) is 5.89 Å². The van der Waals surface area contributed by atoms with E-state index in [1.54, 1.807) is 0 Å². The van der Waals surface area contributed by atoms with E-state index in [9.17, 15) is 13.2 Å². The molecule has 1 aliphatic carbocycles. The Morgan fingerprint density at radius 2 is 2.08 bits per heavy atom. The molecule has 0 aromatic carbocycles. The summed E-state index contributed by atoms with van der Waals surface area (Å²) in [6.07, 6.45) is -0.221. The van der Waals surface area contributed by atoms with Crippen molar-refractivity contribution >= 4 is 11.6 Å². The summed E-state index contributed by atoms with van der Waals surface area (Å²) in [6.45, 7) is 0. The molecule has 0 radical (unpaired) electrons. The normalized spacial score (nSPS) is 16.5. The number of rotatable bonds is 3. The Hall–Kier alpha value is -2.46. The van der Waals surface area contributed by atoms with Crippen molar-refractivity contribution < 1.29 is 17.7 Å². The Kier molecular flexibility index (Phi) is 3.77. The summed E-state index contributed by atoms with van der Waals surface area (Å²) in [5.41, 5.74) is 3.89. The van der Waals surface area contributed by atoms with E-state index in [0.717, 1.165) is 12.6 Å². The predicted molar refractivity (Wildman–Crippen MR) is 84.4 cm³/mol. The third-order valence-corrected chi connectivity index (χ3v) is 4.62. The van der Waals surface area contributed by atoms with Gasteiger partial charge in [0.05, 0.1) is 22.3 Å². The van der Waals surface area contributed by atoms with Gasteiger partial charge in [0.15, 0.2) is 17.3 Å². The van der Waals surface area contributed by atoms with Gasteiger partial charge in [-0.2, -0.15) is 23.3 Å². The third kappa shape index (κ3) is 2.65. The van der Waals surface area contributed by atoms with Gasteiger partial charge in [0.2, 0.25) is 0 Å². The highest BCUT2D eigenvalue weighted by atomic mass is 35.5. The molecule has 26 heavy (non-hydrogen) atoms. The van der Waals surface area contributed by atoms with Crippen LogP contribution in [0.3, 0.4) is 0 Å². The smallest absolute Gasteiger partial charge is 0.334 e. The first-order chi connectivity index (χ1) is 12.3. The first-order valence-electron chi connectivity index (χ1n) is 7.69. The largest absolute Gasteiger partial charge is 0.434 e. The average Bonchev–Trinajstić information content (AvgIpc) is 3.19. The zero-order valence-corrected chi connectivity index (χ0v) is 13.9. The van der Waals surface area contributed by atoms with Gasteiger partial charge in [-0.3, -0.25) is 0 Å². The average molecular weight is 385 g/mol. The van der Waals surface area contributed by atoms with E-state index in [0.29, 0.717) is 17.5 Å². The number of pyridine rings is 1. The highest BCUT2D eigenvalue weighted by molar-refractivity contribution is 6.32. The van der Waals surface area contributed by atoms with Gasteiger partial charge in [-0.15, -0.1) is 0 Å². The van der Waals surface area contributed by atoms with Crippen molar-refractivity contribution in [2.45, 2.75) is 31.0 Å². The second-order valence-electron chi connectivity index (χ2n) is 6.06. The lowest BCUT2D eigenvalue weighted by Gasteiger charge is -2.34. The molecule has 4 rings (SSSR count). The van der Waals surface area contributed by atoms with Crippen molar-refractivity contribution in [2.75, 3.05) is 0 Å². The fraction of sp³-hybridized carbons (Fsp3) is 0.333. The van der Waals surface area contributed by atoms with Gasteiger partial charge < -0.3 is 10.3 Å². The van der Waals surface area contributed by atoms with Crippen LogP contribution in [0.25, 0.3) is 17.3 Å². The van der Waals surface area contributed by atoms with Crippen LogP contribution in [-0.2, 0) is 11.7 Å². The third-order valence-electron chi connectivity index (χ3n) is 4.32. The molecule has 1 saturated carbocycles. The maximum Gasteiger partial charge on any atom is 0.434 e. The van der Waals surface area contributed by atoms with Crippen molar-refractivity contribution in [1.29, 1.82) is 0 Å². The summed E-state index contributed by atoms with van der Waals surface area (Å²) in [5, 5.41) is 7.56. The highest BCUT2D eigenvalue weighted by Crippen LogP contribution is 2.41. The monoisotopic (exact) mass is 384 g/mol. The molecule has 136 valence electrons. The molecular weight excluding hydrogens is 373 g/mol. The summed E-state index contributed by atoms with van der Waals surface area (Å²) >= 11 is 5.97. The first kappa shape index (κ1) is 17.0. The van der Waals surface area contributed by atoms with E-state index in [1.165, 1.54) is 18.3 Å². The van der Waals surface area contributed by atoms with Gasteiger partial charge in [-0.25, -0.2) is 9.67 Å². The zero-order chi connectivity index (χ0) is 18.5. The number of nitrogens with zero attached hydrogens (tertiary/aromatic N) is 5. The molecule has 0 aliphatic heterocycles. The maximum atomic E-state index is 13.7. The Balaban J connectivity index is 1.84. The molecule has 0 amide bonds. The Morgan fingerprint density at radius 3 is 2.69 bits per heavy atom. The second kappa shape index (κ2) is 5.78. The van der Waals surface area contributed by atoms with Crippen LogP contribution in [-0.4, -0.2) is 24.9 Å². The molecule has 1 aliphatic rings. The van der Waals surface area contributed by atoms with Gasteiger partial charge >= 0.3 is 6.18 Å². The molecule has 3 heterocycles. The van der Waals surface area contributed by atoms with Crippen LogP contribution in [0.4, 0.5) is 13.2 Å². The zero-order valence-electron chi connectivity index (χ0n) is 13.2. The summed E-state index contributed by atoms with van der Waals surface area (Å²) in [7, 11) is 0. The number of halogens is 4. The summed E-state index contributed by atoms with van der Waals surface area (Å²) in [5.74, 6) is -0.264. The van der Waals surface area contributed by atoms with Crippen LogP contribution < -0.4 is 5.73 Å². The van der Waals surface area contributed by atoms with Crippen molar-refractivity contribution in [3.63, 3.8) is 0 Å². The predicted octanol–water partition coefficient (Wildman–Crippen LogP) is 3.33. The Bertz CT molecular complexity index is 962. The van der Waals surface area contributed by atoms with Crippen molar-refractivity contribution in [3.05, 3.63) is 41.1 Å². The van der Waals surface area contributed by atoms with E-state index < -0.39 is 17.4 Å². The molecule has 0 bridgehead atoms. The molecule has 0 atom stereocenters. The lowest BCUT2D eigenvalue weighted by molar-refractivity contribution is -0.142. The molecule has 0 unspecified atom stereocenters. The lowest BCUT2D eigenvalue weighted by atomic mass is 9.77. The minimum atomic E-state index is -4.75. The van der Waals surface area contributed by atoms with Crippen molar-refractivity contribution in [3.8, 4) is 17.3 Å². The van der Waals surface area contributed by atoms with Gasteiger partial charge in [0, 0.05) is 6.20 Å². The number of hydrogen-bond donors (Lipinski definition) is 1. The van der Waals surface area contributed by atoms with Crippen molar-refractivity contribution in [2.24, 2.45) is 5.73 Å². The number of aromatic nitrogens is 5. The summed E-state index contributed by atoms with van der Waals surface area (Å²) < 4.78 is 46.8. The Labute approximate surface area is 150 Å². The van der Waals surface area contributed by atoms with Crippen LogP contribution in [0.1, 0.15) is 30.8 Å². The number of alkyl halides is 3. The number of nitrogens with two attached hydrogens (primary N) is 1. The molecule has 7 nitrogen and oxygen atoms in total. The van der Waals surface area contributed by atoms with E-state index in [4.69, 9.17) is 21.9 Å². The summed E-state index contributed by atoms with van der Waals surface area (Å²) in [4.78, 5) is 7.95. The SMILES string of the molecule is NC1(c2noc(-c3cnn(-c4ncccc4Cl)c3C(F)(F)F)n2)CCC1. The van der Waals surface area contributed by atoms with Gasteiger partial charge in [0.1, 0.15) is 0 Å². The number of hydrogen-bond acceptors (Lipinski definition) is 6. The quantitative estimate of drug-likeness (QED) is 0.744. The van der Waals surface area contributed by atoms with E-state index in [1.807, 2.05) is 0 Å². The Morgan fingerprint density at radius 1 is 1.31 bits per heavy atom. The molecule has 3 aromatic rings. The molecule has 3 aromatic heterocycles. The first-order valence-corrected chi connectivity index (χ1v) is 8.07. The minimum absolute atomic E-state index is 0.0225. The highest BCUT2D eigenvalue weighted by Gasteiger charge is 2.43. The molecule has 11 heteroatoms. The molecule has 2 N–H and O–H groups in total. The van der Waals surface area contributed by atoms with Gasteiger partial charge in [-0.1, -0.05) is 16.8 Å². The van der Waals surface area contributed by atoms with Crippen LogP contribution in [0, 0.1) is 0 Å². The fourth-order valence-corrected chi connectivity index (χ4v) is 2.99. The molecule has 0 spiro atoms. The van der Waals surface area contributed by atoms with E-state index >= 15 is 0 Å². The maximum absolute atomic E-state index is 13.7. The van der Waals surface area contributed by atoms with Crippen LogP contribution in [0.5, 0.6) is 0 Å². The van der Waals surface area contributed by atoms with Crippen molar-refractivity contribution in [1.82, 2.24) is 24.9 Å². The standard InChI is InChI=1S/C15H12ClF3N6O/c16-9-3-1-6-21-11(9)25-10(15(17,18)19)8(7-22-25)12-23-13(24-26-12)14(20)4-2-5-14/h1,3,6-7H,2,4-5,20H2. The van der Waals surface area contributed by atoms with Gasteiger partial charge in [-0.05, 0) is 31.4 Å². The summed E-state index contributed by atoms with van der Waals surface area (Å²) in [6, 6.07) is 2.93. The van der Waals surface area contributed by atoms with Crippen LogP contribution in [0.15, 0.2) is 29.0 Å². The molecule has 0 saturated heterocycles. The van der Waals surface area contributed by atoms with Crippen LogP contribution in [0.2, 0.25) is 5.02 Å². The molecule has 1 fully saturated rings. The minimum Gasteiger partial charge on any atom is -0.334 e. The lowest BCUT2D eigenvalue weighted by Crippen LogP contribution is -2.44. The van der Waals surface area contributed by atoms with E-state index in [2.05, 4.69) is 20.2 Å². The van der Waals surface area contributed by atoms with E-state index in [-0.39, 0.29) is 28.1 Å². The fourth-order valence-electron chi connectivity index (χ4n) is 2.79.